The van der Waals surface area contributed by atoms with Gasteiger partial charge in [0.25, 0.3) is 0 Å². The Kier molecular flexibility index (Phi) is 10.2. The van der Waals surface area contributed by atoms with Crippen molar-refractivity contribution in [2.45, 2.75) is 64.5 Å². The summed E-state index contributed by atoms with van der Waals surface area (Å²) in [5.74, 6) is 0.776. The first-order valence-electron chi connectivity index (χ1n) is 9.69. The van der Waals surface area contributed by atoms with Crippen LogP contribution in [0.25, 0.3) is 0 Å². The van der Waals surface area contributed by atoms with Crippen LogP contribution >= 0.6 is 0 Å². The van der Waals surface area contributed by atoms with Gasteiger partial charge in [0, 0.05) is 20.3 Å². The molecule has 1 saturated heterocycles. The standard InChI is InChI=1S/C20H32NO9/c1-7-10-21(5,6)11-8-9-17(25)30-20-19(29-15(4)24)18(28-14(3)23)16(12-26-20)27-13(2)22/h1,15-16,18-20,24H,8-12H2,2-6H3/q+1/t15?,16-,18+,19-,20?/m1/s1. The van der Waals surface area contributed by atoms with Crippen LogP contribution in [-0.2, 0) is 38.1 Å². The summed E-state index contributed by atoms with van der Waals surface area (Å²) in [5, 5.41) is 9.67. The Balaban J connectivity index is 2.83. The summed E-state index contributed by atoms with van der Waals surface area (Å²) < 4.78 is 27.2. The summed E-state index contributed by atoms with van der Waals surface area (Å²) in [4.78, 5) is 35.2. The van der Waals surface area contributed by atoms with E-state index >= 15 is 0 Å². The molecule has 0 aromatic carbocycles. The predicted octanol–water partition coefficient (Wildman–Crippen LogP) is -0.0374. The lowest BCUT2D eigenvalue weighted by molar-refractivity contribution is -0.883. The van der Waals surface area contributed by atoms with Gasteiger partial charge < -0.3 is 33.3 Å². The summed E-state index contributed by atoms with van der Waals surface area (Å²) in [7, 11) is 3.92. The van der Waals surface area contributed by atoms with Crippen LogP contribution in [0.1, 0.15) is 33.6 Å². The molecule has 5 atom stereocenters. The number of carbonyl (C=O) groups is 3. The first-order chi connectivity index (χ1) is 13.9. The molecule has 1 fully saturated rings. The Morgan fingerprint density at radius 1 is 1.17 bits per heavy atom. The van der Waals surface area contributed by atoms with E-state index in [0.29, 0.717) is 24.0 Å². The number of aliphatic hydroxyl groups is 1. The zero-order valence-electron chi connectivity index (χ0n) is 18.2. The number of nitrogens with zero attached hydrogens (tertiary/aromatic N) is 1. The average Bonchev–Trinajstić information content (AvgIpc) is 2.58. The monoisotopic (exact) mass is 430 g/mol. The number of ether oxygens (including phenoxy) is 5. The molecule has 0 aromatic heterocycles. The van der Waals surface area contributed by atoms with Gasteiger partial charge in [-0.3, -0.25) is 14.4 Å². The molecule has 1 N–H and O–H groups in total. The molecule has 30 heavy (non-hydrogen) atoms. The van der Waals surface area contributed by atoms with Crippen LogP contribution in [0.5, 0.6) is 0 Å². The molecule has 1 aliphatic rings. The third kappa shape index (κ3) is 9.09. The fourth-order valence-corrected chi connectivity index (χ4v) is 3.03. The molecule has 0 aromatic rings. The molecular weight excluding hydrogens is 398 g/mol. The maximum atomic E-state index is 12.3. The summed E-state index contributed by atoms with van der Waals surface area (Å²) in [6, 6.07) is 0. The second-order valence-electron chi connectivity index (χ2n) is 7.74. The highest BCUT2D eigenvalue weighted by molar-refractivity contribution is 5.69. The fourth-order valence-electron chi connectivity index (χ4n) is 3.03. The van der Waals surface area contributed by atoms with Crippen LogP contribution in [0.4, 0.5) is 0 Å². The number of carbonyl (C=O) groups excluding carboxylic acids is 3. The van der Waals surface area contributed by atoms with Crippen molar-refractivity contribution in [3.63, 3.8) is 0 Å². The molecule has 0 spiro atoms. The number of quaternary nitrogens is 1. The normalized spacial score (nSPS) is 25.0. The summed E-state index contributed by atoms with van der Waals surface area (Å²) in [6.45, 7) is 4.74. The summed E-state index contributed by atoms with van der Waals surface area (Å²) in [5.41, 5.74) is 0. The van der Waals surface area contributed by atoms with Crippen molar-refractivity contribution in [3.8, 4) is 12.3 Å². The molecular formula is C20H32NO9+. The Bertz CT molecular complexity index is 641. The molecule has 0 bridgehead atoms. The van der Waals surface area contributed by atoms with Gasteiger partial charge in [0.1, 0.15) is 6.54 Å². The highest BCUT2D eigenvalue weighted by Crippen LogP contribution is 2.26. The molecule has 10 nitrogen and oxygen atoms in total. The van der Waals surface area contributed by atoms with Crippen LogP contribution in [-0.4, -0.2) is 92.2 Å². The smallest absolute Gasteiger partial charge is 0.308 e. The van der Waals surface area contributed by atoms with E-state index in [1.807, 2.05) is 14.1 Å². The number of hydrogen-bond donors (Lipinski definition) is 1. The largest absolute Gasteiger partial charge is 0.456 e. The van der Waals surface area contributed by atoms with Crippen molar-refractivity contribution in [2.24, 2.45) is 0 Å². The molecule has 2 unspecified atom stereocenters. The topological polar surface area (TPSA) is 118 Å². The van der Waals surface area contributed by atoms with Crippen LogP contribution < -0.4 is 0 Å². The first-order valence-corrected chi connectivity index (χ1v) is 9.69. The maximum absolute atomic E-state index is 12.3. The van der Waals surface area contributed by atoms with Crippen molar-refractivity contribution in [1.82, 2.24) is 0 Å². The van der Waals surface area contributed by atoms with Gasteiger partial charge in [-0.25, -0.2) is 0 Å². The van der Waals surface area contributed by atoms with E-state index in [0.717, 1.165) is 0 Å². The van der Waals surface area contributed by atoms with E-state index in [4.69, 9.17) is 30.1 Å². The summed E-state index contributed by atoms with van der Waals surface area (Å²) in [6.07, 6.45) is 0.151. The Hall–Kier alpha value is -2.19. The number of rotatable bonds is 10. The third-order valence-corrected chi connectivity index (χ3v) is 4.27. The number of aliphatic hydroxyl groups excluding tert-OH is 1. The fraction of sp³-hybridized carbons (Fsp3) is 0.750. The van der Waals surface area contributed by atoms with Crippen LogP contribution in [0, 0.1) is 12.3 Å². The third-order valence-electron chi connectivity index (χ3n) is 4.27. The van der Waals surface area contributed by atoms with E-state index in [-0.39, 0.29) is 13.0 Å². The molecule has 10 heteroatoms. The zero-order chi connectivity index (χ0) is 22.9. The van der Waals surface area contributed by atoms with Crippen molar-refractivity contribution in [1.29, 1.82) is 0 Å². The van der Waals surface area contributed by atoms with Gasteiger partial charge in [-0.2, -0.15) is 0 Å². The molecule has 0 saturated carbocycles. The second kappa shape index (κ2) is 11.9. The molecule has 0 radical (unpaired) electrons. The Morgan fingerprint density at radius 2 is 1.80 bits per heavy atom. The van der Waals surface area contributed by atoms with E-state index in [1.165, 1.54) is 20.8 Å². The number of esters is 3. The lowest BCUT2D eigenvalue weighted by Crippen LogP contribution is -2.58. The number of hydrogen-bond acceptors (Lipinski definition) is 9. The van der Waals surface area contributed by atoms with Gasteiger partial charge in [-0.05, 0) is 12.8 Å². The zero-order valence-corrected chi connectivity index (χ0v) is 18.2. The van der Waals surface area contributed by atoms with Crippen LogP contribution in [0.3, 0.4) is 0 Å². The van der Waals surface area contributed by atoms with Gasteiger partial charge >= 0.3 is 17.9 Å². The average molecular weight is 430 g/mol. The van der Waals surface area contributed by atoms with Crippen molar-refractivity contribution in [3.05, 3.63) is 0 Å². The Morgan fingerprint density at radius 3 is 2.33 bits per heavy atom. The Labute approximate surface area is 176 Å². The minimum atomic E-state index is -1.28. The lowest BCUT2D eigenvalue weighted by atomic mass is 10.0. The van der Waals surface area contributed by atoms with Crippen molar-refractivity contribution in [2.75, 3.05) is 33.8 Å². The van der Waals surface area contributed by atoms with E-state index < -0.39 is 48.8 Å². The van der Waals surface area contributed by atoms with Gasteiger partial charge in [-0.15, -0.1) is 6.42 Å². The SMILES string of the molecule is C#CC[N+](C)(C)CCCC(=O)OC1OC[C@@H](OC(C)=O)[C@H](OC(C)=O)[C@H]1OC(C)O. The van der Waals surface area contributed by atoms with E-state index in [1.54, 1.807) is 0 Å². The van der Waals surface area contributed by atoms with Gasteiger partial charge in [0.05, 0.1) is 33.7 Å². The van der Waals surface area contributed by atoms with Crippen molar-refractivity contribution < 1.29 is 47.7 Å². The first kappa shape index (κ1) is 25.8. The molecule has 0 aliphatic carbocycles. The molecule has 1 aliphatic heterocycles. The quantitative estimate of drug-likeness (QED) is 0.167. The highest BCUT2D eigenvalue weighted by atomic mass is 16.7. The second-order valence-corrected chi connectivity index (χ2v) is 7.74. The predicted molar refractivity (Wildman–Crippen MR) is 103 cm³/mol. The van der Waals surface area contributed by atoms with Gasteiger partial charge in [0.2, 0.25) is 6.29 Å². The van der Waals surface area contributed by atoms with E-state index in [2.05, 4.69) is 5.92 Å². The van der Waals surface area contributed by atoms with Crippen LogP contribution in [0.15, 0.2) is 0 Å². The van der Waals surface area contributed by atoms with Crippen molar-refractivity contribution >= 4 is 17.9 Å². The molecule has 1 rings (SSSR count). The molecule has 170 valence electrons. The molecule has 0 amide bonds. The molecule has 1 heterocycles. The van der Waals surface area contributed by atoms with E-state index in [9.17, 15) is 19.5 Å². The number of terminal acetylenes is 1. The maximum Gasteiger partial charge on any atom is 0.308 e. The minimum Gasteiger partial charge on any atom is -0.456 e. The lowest BCUT2D eigenvalue weighted by Gasteiger charge is -2.40. The minimum absolute atomic E-state index is 0.110. The summed E-state index contributed by atoms with van der Waals surface area (Å²) >= 11 is 0. The highest BCUT2D eigenvalue weighted by Gasteiger charge is 2.48. The van der Waals surface area contributed by atoms with Gasteiger partial charge in [0.15, 0.2) is 24.6 Å². The van der Waals surface area contributed by atoms with Gasteiger partial charge in [-0.1, -0.05) is 0 Å². The van der Waals surface area contributed by atoms with Crippen LogP contribution in [0.2, 0.25) is 0 Å².